The molecule has 0 atom stereocenters. The number of rotatable bonds is 2. The Morgan fingerprint density at radius 2 is 2.07 bits per heavy atom. The molecule has 0 unspecified atom stereocenters. The van der Waals surface area contributed by atoms with Gasteiger partial charge in [-0.05, 0) is 11.8 Å². The number of hydrogen-bond donors (Lipinski definition) is 2. The van der Waals surface area contributed by atoms with Gasteiger partial charge in [0.2, 0.25) is 6.41 Å². The molecular weight excluding hydrogens is 198 g/mol. The monoisotopic (exact) mass is 207 g/mol. The molecule has 0 saturated heterocycles. The zero-order valence-electron chi connectivity index (χ0n) is 7.31. The number of thioether (sulfide) groups is 1. The number of nitrogens with two attached hydrogens (primary N) is 1. The van der Waals surface area contributed by atoms with E-state index >= 15 is 0 Å². The molecule has 0 radical (unpaired) electrons. The molecule has 0 heterocycles. The summed E-state index contributed by atoms with van der Waals surface area (Å²) in [6.07, 6.45) is 0.362. The lowest BCUT2D eigenvalue weighted by atomic mass is 10.2. The topological polar surface area (TPSA) is 79.3 Å². The van der Waals surface area contributed by atoms with Crippen LogP contribution in [0.25, 0.3) is 0 Å². The summed E-state index contributed by atoms with van der Waals surface area (Å²) in [6, 6.07) is 9.12. The summed E-state index contributed by atoms with van der Waals surface area (Å²) in [5.74, 6) is 0. The molecule has 72 valence electrons. The standard InChI is InChI=1S/C9H9N3OS/c10-8(14-9(11)12-6-13)7-4-2-1-3-5-7/h1-6,10H,(H2,11,12,13). The Morgan fingerprint density at radius 3 is 2.64 bits per heavy atom. The molecule has 0 bridgehead atoms. The third-order valence-electron chi connectivity index (χ3n) is 1.42. The third-order valence-corrected chi connectivity index (χ3v) is 2.18. The first-order valence-corrected chi connectivity index (χ1v) is 4.64. The third kappa shape index (κ3) is 3.02. The van der Waals surface area contributed by atoms with Gasteiger partial charge in [-0.25, -0.2) is 0 Å². The molecule has 5 heteroatoms. The highest BCUT2D eigenvalue weighted by molar-refractivity contribution is 8.26. The Bertz CT molecular complexity index is 362. The molecule has 4 nitrogen and oxygen atoms in total. The van der Waals surface area contributed by atoms with Crippen molar-refractivity contribution in [3.8, 4) is 0 Å². The van der Waals surface area contributed by atoms with Gasteiger partial charge in [0.1, 0.15) is 5.04 Å². The van der Waals surface area contributed by atoms with Crippen molar-refractivity contribution in [3.63, 3.8) is 0 Å². The fourth-order valence-corrected chi connectivity index (χ4v) is 1.39. The second-order valence-corrected chi connectivity index (χ2v) is 3.40. The number of carbonyl (C=O) groups excluding carboxylic acids is 1. The number of nitrogens with one attached hydrogen (secondary N) is 1. The summed E-state index contributed by atoms with van der Waals surface area (Å²) in [5.41, 5.74) is 6.11. The van der Waals surface area contributed by atoms with Crippen LogP contribution in [0.5, 0.6) is 0 Å². The molecule has 0 fully saturated rings. The summed E-state index contributed by atoms with van der Waals surface area (Å²) in [6.45, 7) is 0. The highest BCUT2D eigenvalue weighted by Crippen LogP contribution is 2.11. The first-order valence-electron chi connectivity index (χ1n) is 3.83. The van der Waals surface area contributed by atoms with Crippen molar-refractivity contribution in [2.24, 2.45) is 10.7 Å². The Balaban J connectivity index is 2.69. The molecule has 0 saturated carbocycles. The van der Waals surface area contributed by atoms with Gasteiger partial charge in [-0.2, -0.15) is 4.99 Å². The number of amides is 1. The van der Waals surface area contributed by atoms with Crippen molar-refractivity contribution in [1.29, 1.82) is 5.41 Å². The fraction of sp³-hybridized carbons (Fsp3) is 0. The van der Waals surface area contributed by atoms with E-state index in [9.17, 15) is 4.79 Å². The predicted molar refractivity (Wildman–Crippen MR) is 58.5 cm³/mol. The van der Waals surface area contributed by atoms with Crippen molar-refractivity contribution in [3.05, 3.63) is 35.9 Å². The van der Waals surface area contributed by atoms with Crippen molar-refractivity contribution in [1.82, 2.24) is 0 Å². The van der Waals surface area contributed by atoms with Crippen molar-refractivity contribution in [2.75, 3.05) is 0 Å². The Kier molecular flexibility index (Phi) is 3.87. The first kappa shape index (κ1) is 10.5. The number of nitrogens with zero attached hydrogens (tertiary/aromatic N) is 1. The van der Waals surface area contributed by atoms with E-state index in [1.807, 2.05) is 18.2 Å². The van der Waals surface area contributed by atoms with Gasteiger partial charge in [-0.1, -0.05) is 30.3 Å². The van der Waals surface area contributed by atoms with E-state index in [0.717, 1.165) is 17.3 Å². The Morgan fingerprint density at radius 1 is 1.43 bits per heavy atom. The van der Waals surface area contributed by atoms with Gasteiger partial charge in [0.15, 0.2) is 5.17 Å². The van der Waals surface area contributed by atoms with Crippen LogP contribution in [0.3, 0.4) is 0 Å². The van der Waals surface area contributed by atoms with Gasteiger partial charge in [0.25, 0.3) is 0 Å². The van der Waals surface area contributed by atoms with Crippen molar-refractivity contribution >= 4 is 28.4 Å². The molecule has 0 aromatic heterocycles. The average molecular weight is 207 g/mol. The molecule has 0 aliphatic carbocycles. The summed E-state index contributed by atoms with van der Waals surface area (Å²) >= 11 is 0.957. The lowest BCUT2D eigenvalue weighted by molar-refractivity contribution is -0.106. The van der Waals surface area contributed by atoms with E-state index in [-0.39, 0.29) is 10.2 Å². The molecule has 0 spiro atoms. The van der Waals surface area contributed by atoms with Crippen LogP contribution < -0.4 is 5.73 Å². The van der Waals surface area contributed by atoms with E-state index in [1.165, 1.54) is 0 Å². The van der Waals surface area contributed by atoms with Crippen LogP contribution in [0.15, 0.2) is 35.3 Å². The molecule has 3 N–H and O–H groups in total. The van der Waals surface area contributed by atoms with Crippen LogP contribution in [0.1, 0.15) is 5.56 Å². The minimum atomic E-state index is 0.0776. The maximum atomic E-state index is 9.98. The van der Waals surface area contributed by atoms with Gasteiger partial charge < -0.3 is 5.73 Å². The van der Waals surface area contributed by atoms with Gasteiger partial charge in [-0.15, -0.1) is 0 Å². The average Bonchev–Trinajstić information content (AvgIpc) is 2.19. The van der Waals surface area contributed by atoms with Crippen LogP contribution in [0, 0.1) is 5.41 Å². The van der Waals surface area contributed by atoms with E-state index in [2.05, 4.69) is 4.99 Å². The maximum absolute atomic E-state index is 9.98. The zero-order chi connectivity index (χ0) is 10.4. The van der Waals surface area contributed by atoms with E-state index < -0.39 is 0 Å². The number of carbonyl (C=O) groups is 1. The number of amidine groups is 1. The molecule has 1 aromatic carbocycles. The highest BCUT2D eigenvalue weighted by Gasteiger charge is 2.03. The minimum Gasteiger partial charge on any atom is -0.378 e. The second-order valence-electron chi connectivity index (χ2n) is 2.37. The summed E-state index contributed by atoms with van der Waals surface area (Å²) in [5, 5.41) is 7.97. The lowest BCUT2D eigenvalue weighted by Crippen LogP contribution is -2.10. The first-order chi connectivity index (χ1) is 6.74. The van der Waals surface area contributed by atoms with Gasteiger partial charge in [0.05, 0.1) is 0 Å². The van der Waals surface area contributed by atoms with Crippen LogP contribution in [-0.2, 0) is 4.79 Å². The normalized spacial score (nSPS) is 11.0. The van der Waals surface area contributed by atoms with Crippen LogP contribution in [0.4, 0.5) is 0 Å². The number of hydrogen-bond acceptors (Lipinski definition) is 3. The quantitative estimate of drug-likeness (QED) is 0.434. The van der Waals surface area contributed by atoms with Crippen LogP contribution >= 0.6 is 11.8 Å². The highest BCUT2D eigenvalue weighted by atomic mass is 32.2. The van der Waals surface area contributed by atoms with Crippen LogP contribution in [0.2, 0.25) is 0 Å². The largest absolute Gasteiger partial charge is 0.378 e. The SMILES string of the molecule is N=C(SC(N)=NC=O)c1ccccc1. The molecule has 0 aliphatic heterocycles. The molecule has 1 rings (SSSR count). The summed E-state index contributed by atoms with van der Waals surface area (Å²) in [7, 11) is 0. The lowest BCUT2D eigenvalue weighted by Gasteiger charge is -2.01. The minimum absolute atomic E-state index is 0.0776. The predicted octanol–water partition coefficient (Wildman–Crippen LogP) is 1.22. The second kappa shape index (κ2) is 5.18. The van der Waals surface area contributed by atoms with Crippen LogP contribution in [-0.4, -0.2) is 16.6 Å². The molecular formula is C9H9N3OS. The molecule has 0 aliphatic rings. The summed E-state index contributed by atoms with van der Waals surface area (Å²) < 4.78 is 0. The van der Waals surface area contributed by atoms with Gasteiger partial charge in [-0.3, -0.25) is 10.2 Å². The smallest absolute Gasteiger partial charge is 0.235 e. The number of benzene rings is 1. The number of aliphatic imine (C=N–C) groups is 1. The zero-order valence-corrected chi connectivity index (χ0v) is 8.12. The Hall–Kier alpha value is -1.62. The van der Waals surface area contributed by atoms with Gasteiger partial charge >= 0.3 is 0 Å². The summed E-state index contributed by atoms with van der Waals surface area (Å²) in [4.78, 5) is 13.3. The Labute approximate surface area is 85.7 Å². The van der Waals surface area contributed by atoms with Crippen molar-refractivity contribution < 1.29 is 4.79 Å². The van der Waals surface area contributed by atoms with E-state index in [1.54, 1.807) is 12.1 Å². The maximum Gasteiger partial charge on any atom is 0.235 e. The van der Waals surface area contributed by atoms with E-state index in [0.29, 0.717) is 6.41 Å². The van der Waals surface area contributed by atoms with Crippen molar-refractivity contribution in [2.45, 2.75) is 0 Å². The van der Waals surface area contributed by atoms with Gasteiger partial charge in [0, 0.05) is 5.56 Å². The fourth-order valence-electron chi connectivity index (χ4n) is 0.831. The molecule has 14 heavy (non-hydrogen) atoms. The molecule has 1 amide bonds. The molecule has 1 aromatic rings. The van der Waals surface area contributed by atoms with E-state index in [4.69, 9.17) is 11.1 Å².